The molecule has 146 valence electrons. The van der Waals surface area contributed by atoms with Crippen molar-refractivity contribution in [1.29, 1.82) is 0 Å². The molecule has 0 aliphatic carbocycles. The van der Waals surface area contributed by atoms with Crippen LogP contribution < -0.4 is 5.32 Å². The molecule has 3 heterocycles. The van der Waals surface area contributed by atoms with Crippen LogP contribution in [0.1, 0.15) is 51.5 Å². The van der Waals surface area contributed by atoms with Crippen LogP contribution in [0.15, 0.2) is 24.4 Å². The van der Waals surface area contributed by atoms with Crippen LogP contribution in [0, 0.1) is 13.8 Å². The van der Waals surface area contributed by atoms with Gasteiger partial charge in [0.05, 0.1) is 41.9 Å². The van der Waals surface area contributed by atoms with E-state index < -0.39 is 0 Å². The highest BCUT2D eigenvalue weighted by Gasteiger charge is 2.29. The molecule has 2 aromatic heterocycles. The lowest BCUT2D eigenvalue weighted by atomic mass is 10.0. The van der Waals surface area contributed by atoms with Crippen molar-refractivity contribution >= 4 is 17.5 Å². The minimum atomic E-state index is -0.297. The van der Waals surface area contributed by atoms with Crippen molar-refractivity contribution in [1.82, 2.24) is 25.3 Å². The first kappa shape index (κ1) is 18.7. The minimum Gasteiger partial charge on any atom is -0.373 e. The number of nitrogens with zero attached hydrogens (tertiary/aromatic N) is 3. The van der Waals surface area contributed by atoms with Crippen LogP contribution in [0.2, 0.25) is 5.02 Å². The number of benzene rings is 1. The quantitative estimate of drug-likeness (QED) is 0.703. The second kappa shape index (κ2) is 7.41. The Morgan fingerprint density at radius 3 is 3.00 bits per heavy atom. The molecular weight excluding hydrogens is 378 g/mol. The van der Waals surface area contributed by atoms with Gasteiger partial charge in [-0.1, -0.05) is 30.7 Å². The molecule has 1 amide bonds. The molecule has 0 radical (unpaired) electrons. The van der Waals surface area contributed by atoms with Gasteiger partial charge in [-0.25, -0.2) is 4.68 Å². The Morgan fingerprint density at radius 1 is 1.43 bits per heavy atom. The molecule has 1 aliphatic heterocycles. The Hall–Kier alpha value is -2.64. The van der Waals surface area contributed by atoms with Crippen LogP contribution >= 0.6 is 11.6 Å². The molecule has 28 heavy (non-hydrogen) atoms. The number of aromatic nitrogens is 4. The number of ether oxygens (including phenoxy) is 1. The summed E-state index contributed by atoms with van der Waals surface area (Å²) in [6.07, 6.45) is 2.52. The molecule has 1 aliphatic rings. The van der Waals surface area contributed by atoms with Crippen molar-refractivity contribution in [3.05, 3.63) is 63.2 Å². The fraction of sp³-hybridized carbons (Fsp3) is 0.350. The summed E-state index contributed by atoms with van der Waals surface area (Å²) in [4.78, 5) is 12.8. The van der Waals surface area contributed by atoms with E-state index in [-0.39, 0.29) is 11.9 Å². The molecule has 7 nitrogen and oxygen atoms in total. The normalized spacial score (nSPS) is 16.1. The van der Waals surface area contributed by atoms with Gasteiger partial charge in [-0.05, 0) is 31.9 Å². The number of fused-ring (bicyclic) bond motifs is 1. The van der Waals surface area contributed by atoms with E-state index in [2.05, 4.69) is 20.6 Å². The van der Waals surface area contributed by atoms with Gasteiger partial charge < -0.3 is 10.1 Å². The van der Waals surface area contributed by atoms with Gasteiger partial charge >= 0.3 is 0 Å². The number of hydrogen-bond acceptors (Lipinski definition) is 4. The smallest absolute Gasteiger partial charge is 0.272 e. The highest BCUT2D eigenvalue weighted by molar-refractivity contribution is 6.32. The van der Waals surface area contributed by atoms with Crippen molar-refractivity contribution < 1.29 is 9.53 Å². The Morgan fingerprint density at radius 2 is 2.25 bits per heavy atom. The molecule has 0 unspecified atom stereocenters. The van der Waals surface area contributed by atoms with Gasteiger partial charge in [0.1, 0.15) is 0 Å². The van der Waals surface area contributed by atoms with Gasteiger partial charge in [-0.15, -0.1) is 0 Å². The summed E-state index contributed by atoms with van der Waals surface area (Å²) >= 11 is 6.42. The zero-order valence-electron chi connectivity index (χ0n) is 16.0. The van der Waals surface area contributed by atoms with E-state index in [0.29, 0.717) is 23.9 Å². The second-order valence-electron chi connectivity index (χ2n) is 6.93. The fourth-order valence-electron chi connectivity index (χ4n) is 3.69. The van der Waals surface area contributed by atoms with E-state index in [9.17, 15) is 4.79 Å². The van der Waals surface area contributed by atoms with Crippen LogP contribution in [0.3, 0.4) is 0 Å². The maximum atomic E-state index is 12.8. The van der Waals surface area contributed by atoms with E-state index in [0.717, 1.165) is 40.2 Å². The van der Waals surface area contributed by atoms with E-state index in [1.807, 2.05) is 43.7 Å². The number of carbonyl (C=O) groups is 1. The third-order valence-corrected chi connectivity index (χ3v) is 5.45. The zero-order valence-corrected chi connectivity index (χ0v) is 16.8. The van der Waals surface area contributed by atoms with Gasteiger partial charge in [-0.2, -0.15) is 10.2 Å². The molecule has 0 fully saturated rings. The lowest BCUT2D eigenvalue weighted by molar-refractivity contribution is 0.0684. The third kappa shape index (κ3) is 3.10. The Labute approximate surface area is 168 Å². The van der Waals surface area contributed by atoms with Gasteiger partial charge in [0.2, 0.25) is 0 Å². The number of H-pyrrole nitrogens is 1. The molecule has 0 saturated heterocycles. The van der Waals surface area contributed by atoms with Crippen molar-refractivity contribution in [2.45, 2.75) is 39.8 Å². The lowest BCUT2D eigenvalue weighted by Gasteiger charge is -2.24. The summed E-state index contributed by atoms with van der Waals surface area (Å²) in [5, 5.41) is 15.3. The summed E-state index contributed by atoms with van der Waals surface area (Å²) in [6.45, 7) is 6.71. The molecular formula is C20H22ClN5O2. The maximum Gasteiger partial charge on any atom is 0.272 e. The van der Waals surface area contributed by atoms with Crippen molar-refractivity contribution in [2.24, 2.45) is 0 Å². The van der Waals surface area contributed by atoms with Crippen molar-refractivity contribution in [2.75, 3.05) is 6.61 Å². The van der Waals surface area contributed by atoms with Crippen LogP contribution in [0.4, 0.5) is 0 Å². The van der Waals surface area contributed by atoms with E-state index in [1.54, 1.807) is 6.20 Å². The van der Waals surface area contributed by atoms with Crippen LogP contribution in [0.5, 0.6) is 0 Å². The molecule has 0 saturated carbocycles. The molecule has 0 bridgehead atoms. The summed E-state index contributed by atoms with van der Waals surface area (Å²) in [5.41, 5.74) is 5.95. The van der Waals surface area contributed by atoms with Crippen molar-refractivity contribution in [3.63, 3.8) is 0 Å². The number of halogens is 1. The van der Waals surface area contributed by atoms with E-state index >= 15 is 0 Å². The molecule has 3 aromatic rings. The first-order valence-electron chi connectivity index (χ1n) is 9.26. The van der Waals surface area contributed by atoms with Crippen LogP contribution in [-0.2, 0) is 17.8 Å². The molecule has 0 spiro atoms. The SMILES string of the molecule is CCc1c(C(=O)N[C@@H]2COCc3c2cnn3-c2c(C)cccc2Cl)n[nH]c1C. The first-order valence-corrected chi connectivity index (χ1v) is 9.63. The Balaban J connectivity index is 1.65. The number of aryl methyl sites for hydroxylation is 2. The van der Waals surface area contributed by atoms with Gasteiger partial charge in [0, 0.05) is 16.8 Å². The molecule has 8 heteroatoms. The lowest BCUT2D eigenvalue weighted by Crippen LogP contribution is -2.35. The summed E-state index contributed by atoms with van der Waals surface area (Å²) in [5.74, 6) is -0.218. The number of amides is 1. The Bertz CT molecular complexity index is 1020. The van der Waals surface area contributed by atoms with Gasteiger partial charge in [-0.3, -0.25) is 9.89 Å². The number of hydrogen-bond donors (Lipinski definition) is 2. The largest absolute Gasteiger partial charge is 0.373 e. The summed E-state index contributed by atoms with van der Waals surface area (Å²) in [6, 6.07) is 5.44. The maximum absolute atomic E-state index is 12.8. The summed E-state index contributed by atoms with van der Waals surface area (Å²) < 4.78 is 7.57. The van der Waals surface area contributed by atoms with E-state index in [1.165, 1.54) is 0 Å². The molecule has 1 aromatic carbocycles. The molecule has 1 atom stereocenters. The van der Waals surface area contributed by atoms with Crippen LogP contribution in [0.25, 0.3) is 5.69 Å². The van der Waals surface area contributed by atoms with Crippen molar-refractivity contribution in [3.8, 4) is 5.69 Å². The highest BCUT2D eigenvalue weighted by Crippen LogP contribution is 2.31. The topological polar surface area (TPSA) is 84.8 Å². The summed E-state index contributed by atoms with van der Waals surface area (Å²) in [7, 11) is 0. The minimum absolute atomic E-state index is 0.218. The average molecular weight is 400 g/mol. The second-order valence-corrected chi connectivity index (χ2v) is 7.34. The standard InChI is InChI=1S/C20H22ClN5O2/c1-4-13-12(3)24-25-18(13)20(27)23-16-9-28-10-17-14(16)8-22-26(17)19-11(2)6-5-7-15(19)21/h5-8,16H,4,9-10H2,1-3H3,(H,23,27)(H,24,25)/t16-/m1/s1. The Kier molecular flexibility index (Phi) is 4.95. The van der Waals surface area contributed by atoms with E-state index in [4.69, 9.17) is 16.3 Å². The van der Waals surface area contributed by atoms with Gasteiger partial charge in [0.15, 0.2) is 5.69 Å². The third-order valence-electron chi connectivity index (χ3n) is 5.15. The predicted molar refractivity (Wildman–Crippen MR) is 106 cm³/mol. The predicted octanol–water partition coefficient (Wildman–Crippen LogP) is 3.43. The molecule has 2 N–H and O–H groups in total. The number of aromatic amines is 1. The molecule has 4 rings (SSSR count). The number of nitrogens with one attached hydrogen (secondary N) is 2. The average Bonchev–Trinajstić information content (AvgIpc) is 3.26. The number of para-hydroxylation sites is 1. The number of carbonyl (C=O) groups excluding carboxylic acids is 1. The number of rotatable bonds is 4. The zero-order chi connectivity index (χ0) is 19.8. The van der Waals surface area contributed by atoms with Gasteiger partial charge in [0.25, 0.3) is 5.91 Å². The van der Waals surface area contributed by atoms with Crippen LogP contribution in [-0.4, -0.2) is 32.5 Å². The highest BCUT2D eigenvalue weighted by atomic mass is 35.5. The first-order chi connectivity index (χ1) is 13.5. The fourth-order valence-corrected chi connectivity index (χ4v) is 3.99. The monoisotopic (exact) mass is 399 g/mol.